The van der Waals surface area contributed by atoms with Crippen LogP contribution in [0.25, 0.3) is 11.1 Å². The van der Waals surface area contributed by atoms with E-state index in [1.165, 1.54) is 21.4 Å². The van der Waals surface area contributed by atoms with Gasteiger partial charge < -0.3 is 4.42 Å². The van der Waals surface area contributed by atoms with Crippen LogP contribution in [-0.4, -0.2) is 40.6 Å². The Labute approximate surface area is 139 Å². The summed E-state index contributed by atoms with van der Waals surface area (Å²) >= 11 is 0. The molecule has 0 radical (unpaired) electrons. The number of aromatic nitrogens is 3. The van der Waals surface area contributed by atoms with Crippen molar-refractivity contribution in [2.45, 2.75) is 23.7 Å². The van der Waals surface area contributed by atoms with Crippen molar-refractivity contribution < 1.29 is 12.8 Å². The van der Waals surface area contributed by atoms with Crippen molar-refractivity contribution in [3.05, 3.63) is 42.5 Å². The molecule has 2 aromatic heterocycles. The molecule has 8 heteroatoms. The number of benzene rings is 1. The minimum Gasteiger partial charge on any atom is -0.440 e. The zero-order chi connectivity index (χ0) is 16.7. The van der Waals surface area contributed by atoms with E-state index in [9.17, 15) is 8.42 Å². The van der Waals surface area contributed by atoms with Gasteiger partial charge in [-0.2, -0.15) is 9.40 Å². The molecular weight excluding hydrogens is 328 g/mol. The van der Waals surface area contributed by atoms with E-state index in [1.807, 2.05) is 24.3 Å². The smallest absolute Gasteiger partial charge is 0.246 e. The maximum Gasteiger partial charge on any atom is 0.246 e. The fraction of sp³-hybridized carbons (Fsp3) is 0.375. The largest absolute Gasteiger partial charge is 0.440 e. The van der Waals surface area contributed by atoms with Crippen molar-refractivity contribution in [2.24, 2.45) is 7.05 Å². The van der Waals surface area contributed by atoms with Crippen LogP contribution in [0.5, 0.6) is 0 Å². The third kappa shape index (κ3) is 2.61. The van der Waals surface area contributed by atoms with Crippen LogP contribution in [0.3, 0.4) is 0 Å². The van der Waals surface area contributed by atoms with Gasteiger partial charge in [0.15, 0.2) is 11.5 Å². The first kappa shape index (κ1) is 15.3. The topological polar surface area (TPSA) is 81.2 Å². The van der Waals surface area contributed by atoms with E-state index in [1.54, 1.807) is 7.05 Å². The highest BCUT2D eigenvalue weighted by molar-refractivity contribution is 7.89. The maximum atomic E-state index is 12.8. The number of hydrogen-bond acceptors (Lipinski definition) is 5. The maximum absolute atomic E-state index is 12.8. The molecule has 0 saturated carbocycles. The minimum absolute atomic E-state index is 0.0300. The van der Waals surface area contributed by atoms with Crippen molar-refractivity contribution in [3.63, 3.8) is 0 Å². The van der Waals surface area contributed by atoms with Gasteiger partial charge in [-0.3, -0.25) is 4.68 Å². The normalized spacial score (nSPS) is 19.8. The Morgan fingerprint density at radius 2 is 2.12 bits per heavy atom. The lowest BCUT2D eigenvalue weighted by Crippen LogP contribution is -2.39. The van der Waals surface area contributed by atoms with Gasteiger partial charge in [-0.05, 0) is 25.0 Å². The Morgan fingerprint density at radius 3 is 2.88 bits per heavy atom. The van der Waals surface area contributed by atoms with Crippen LogP contribution >= 0.6 is 0 Å². The summed E-state index contributed by atoms with van der Waals surface area (Å²) in [5, 5.41) is 3.96. The van der Waals surface area contributed by atoms with Crippen LogP contribution in [-0.2, 0) is 17.1 Å². The first-order valence-electron chi connectivity index (χ1n) is 7.88. The fourth-order valence-electron chi connectivity index (χ4n) is 3.11. The van der Waals surface area contributed by atoms with Crippen LogP contribution in [0.2, 0.25) is 0 Å². The Bertz CT molecular complexity index is 943. The predicted octanol–water partition coefficient (Wildman–Crippen LogP) is 2.13. The molecule has 3 heterocycles. The molecule has 4 rings (SSSR count). The summed E-state index contributed by atoms with van der Waals surface area (Å²) < 4.78 is 34.4. The number of aryl methyl sites for hydroxylation is 1. The molecule has 1 atom stereocenters. The lowest BCUT2D eigenvalue weighted by molar-refractivity contribution is 0.288. The van der Waals surface area contributed by atoms with E-state index >= 15 is 0 Å². The van der Waals surface area contributed by atoms with Crippen molar-refractivity contribution in [2.75, 3.05) is 13.1 Å². The summed E-state index contributed by atoms with van der Waals surface area (Å²) in [5.74, 6) is 0.583. The van der Waals surface area contributed by atoms with Crippen molar-refractivity contribution in [1.82, 2.24) is 19.1 Å². The van der Waals surface area contributed by atoms with E-state index in [2.05, 4.69) is 10.1 Å². The van der Waals surface area contributed by atoms with E-state index in [0.717, 1.165) is 23.9 Å². The van der Waals surface area contributed by atoms with Gasteiger partial charge in [-0.15, -0.1) is 0 Å². The number of rotatable bonds is 3. The van der Waals surface area contributed by atoms with Crippen LogP contribution in [0.1, 0.15) is 24.7 Å². The molecule has 0 N–H and O–H groups in total. The highest BCUT2D eigenvalue weighted by Crippen LogP contribution is 2.31. The van der Waals surface area contributed by atoms with Crippen molar-refractivity contribution in [3.8, 4) is 0 Å². The number of sulfonamides is 1. The SMILES string of the molecule is Cn1cc(S(=O)(=O)N2CCC[C@H](c3nc4ccccc4o3)C2)cn1. The van der Waals surface area contributed by atoms with Gasteiger partial charge in [0, 0.05) is 32.3 Å². The van der Waals surface area contributed by atoms with Gasteiger partial charge >= 0.3 is 0 Å². The third-order valence-corrected chi connectivity index (χ3v) is 6.18. The molecule has 7 nitrogen and oxygen atoms in total. The minimum atomic E-state index is -3.53. The summed E-state index contributed by atoms with van der Waals surface area (Å²) in [4.78, 5) is 4.75. The molecule has 0 bridgehead atoms. The second-order valence-corrected chi connectivity index (χ2v) is 8.01. The monoisotopic (exact) mass is 346 g/mol. The van der Waals surface area contributed by atoms with Gasteiger partial charge in [0.25, 0.3) is 0 Å². The van der Waals surface area contributed by atoms with Crippen LogP contribution < -0.4 is 0 Å². The average molecular weight is 346 g/mol. The Kier molecular flexibility index (Phi) is 3.65. The first-order valence-corrected chi connectivity index (χ1v) is 9.32. The molecule has 1 aromatic carbocycles. The molecule has 0 amide bonds. The summed E-state index contributed by atoms with van der Waals surface area (Å²) in [7, 11) is -1.83. The number of fused-ring (bicyclic) bond motifs is 1. The van der Waals surface area contributed by atoms with E-state index in [4.69, 9.17) is 4.42 Å². The zero-order valence-corrected chi connectivity index (χ0v) is 14.1. The van der Waals surface area contributed by atoms with Crippen molar-refractivity contribution >= 4 is 21.1 Å². The molecule has 3 aromatic rings. The molecular formula is C16H18N4O3S. The van der Waals surface area contributed by atoms with E-state index < -0.39 is 10.0 Å². The highest BCUT2D eigenvalue weighted by atomic mass is 32.2. The third-order valence-electron chi connectivity index (χ3n) is 4.36. The van der Waals surface area contributed by atoms with Gasteiger partial charge in [0.1, 0.15) is 10.4 Å². The highest BCUT2D eigenvalue weighted by Gasteiger charge is 2.33. The Morgan fingerprint density at radius 1 is 1.29 bits per heavy atom. The number of oxazole rings is 1. The van der Waals surface area contributed by atoms with Gasteiger partial charge in [0.05, 0.1) is 6.20 Å². The summed E-state index contributed by atoms with van der Waals surface area (Å²) in [6, 6.07) is 7.58. The van der Waals surface area contributed by atoms with Gasteiger partial charge in [-0.25, -0.2) is 13.4 Å². The van der Waals surface area contributed by atoms with E-state index in [-0.39, 0.29) is 10.8 Å². The second kappa shape index (κ2) is 5.71. The standard InChI is InChI=1S/C16H18N4O3S/c1-19-11-13(9-17-19)24(21,22)20-8-4-5-12(10-20)16-18-14-6-2-3-7-15(14)23-16/h2-3,6-7,9,11-12H,4-5,8,10H2,1H3/t12-/m0/s1. The average Bonchev–Trinajstić information content (AvgIpc) is 3.21. The predicted molar refractivity (Wildman–Crippen MR) is 88.0 cm³/mol. The molecule has 1 saturated heterocycles. The first-order chi connectivity index (χ1) is 11.5. The molecule has 1 aliphatic rings. The van der Waals surface area contributed by atoms with E-state index in [0.29, 0.717) is 19.0 Å². The molecule has 126 valence electrons. The Hall–Kier alpha value is -2.19. The molecule has 1 fully saturated rings. The quantitative estimate of drug-likeness (QED) is 0.726. The second-order valence-electron chi connectivity index (χ2n) is 6.07. The molecule has 1 aliphatic heterocycles. The summed E-state index contributed by atoms with van der Waals surface area (Å²) in [5.41, 5.74) is 1.54. The lowest BCUT2D eigenvalue weighted by atomic mass is 10.00. The molecule has 0 unspecified atom stereocenters. The van der Waals surface area contributed by atoms with Gasteiger partial charge in [-0.1, -0.05) is 12.1 Å². The molecule has 24 heavy (non-hydrogen) atoms. The summed E-state index contributed by atoms with van der Waals surface area (Å²) in [6.07, 6.45) is 4.56. The number of hydrogen-bond donors (Lipinski definition) is 0. The number of piperidine rings is 1. The van der Waals surface area contributed by atoms with Crippen LogP contribution in [0.15, 0.2) is 46.0 Å². The molecule has 0 spiro atoms. The van der Waals surface area contributed by atoms with Crippen molar-refractivity contribution in [1.29, 1.82) is 0 Å². The molecule has 0 aliphatic carbocycles. The number of nitrogens with zero attached hydrogens (tertiary/aromatic N) is 4. The summed E-state index contributed by atoms with van der Waals surface area (Å²) in [6.45, 7) is 0.887. The fourth-order valence-corrected chi connectivity index (χ4v) is 4.62. The van der Waals surface area contributed by atoms with Gasteiger partial charge in [0.2, 0.25) is 10.0 Å². The lowest BCUT2D eigenvalue weighted by Gasteiger charge is -2.29. The number of para-hydroxylation sites is 2. The van der Waals surface area contributed by atoms with Crippen LogP contribution in [0, 0.1) is 0 Å². The Balaban J connectivity index is 1.61. The zero-order valence-electron chi connectivity index (χ0n) is 13.3. The van der Waals surface area contributed by atoms with Crippen LogP contribution in [0.4, 0.5) is 0 Å².